The molecule has 1 aliphatic carbocycles. The normalized spacial score (nSPS) is 22.4. The van der Waals surface area contributed by atoms with Crippen molar-refractivity contribution in [2.24, 2.45) is 5.92 Å². The Balaban J connectivity index is 2.21. The van der Waals surface area contributed by atoms with Gasteiger partial charge in [0.2, 0.25) is 10.0 Å². The van der Waals surface area contributed by atoms with Crippen molar-refractivity contribution in [1.29, 1.82) is 0 Å². The molecule has 1 fully saturated rings. The van der Waals surface area contributed by atoms with Crippen LogP contribution in [0.2, 0.25) is 0 Å². The van der Waals surface area contributed by atoms with Crippen molar-refractivity contribution in [3.05, 3.63) is 29.8 Å². The molecule has 21 heavy (non-hydrogen) atoms. The van der Waals surface area contributed by atoms with E-state index in [1.807, 2.05) is 0 Å². The zero-order valence-electron chi connectivity index (χ0n) is 12.1. The molecule has 1 aromatic rings. The van der Waals surface area contributed by atoms with E-state index in [4.69, 9.17) is 0 Å². The molecule has 0 saturated heterocycles. The van der Waals surface area contributed by atoms with Crippen LogP contribution in [0.1, 0.15) is 43.0 Å². The van der Waals surface area contributed by atoms with E-state index < -0.39 is 10.0 Å². The molecular formula is C15H21NO4S. The van der Waals surface area contributed by atoms with Gasteiger partial charge in [-0.1, -0.05) is 25.5 Å². The molecule has 1 aliphatic rings. The number of Topliss-reactive ketones (excluding diaryl/α,β-unsaturated/α-hetero) is 1. The standard InChI is InChI=1S/C15H21NO4S/c1-2-15(18)11-5-3-7-13(9-11)21(19,20)16-14-8-4-6-12(14)10-17/h3,5,7,9,12,14,16-17H,2,4,6,8,10H2,1H3. The zero-order chi connectivity index (χ0) is 15.5. The van der Waals surface area contributed by atoms with Gasteiger partial charge in [-0.05, 0) is 30.9 Å². The first-order valence-electron chi connectivity index (χ1n) is 7.24. The number of aliphatic hydroxyl groups is 1. The molecule has 2 rings (SSSR count). The molecule has 0 aromatic heterocycles. The van der Waals surface area contributed by atoms with E-state index in [0.717, 1.165) is 19.3 Å². The van der Waals surface area contributed by atoms with Crippen molar-refractivity contribution in [2.75, 3.05) is 6.61 Å². The summed E-state index contributed by atoms with van der Waals surface area (Å²) in [6.07, 6.45) is 2.81. The number of carbonyl (C=O) groups excluding carboxylic acids is 1. The predicted octanol–water partition coefficient (Wildman–Crippen LogP) is 1.72. The molecule has 1 aromatic carbocycles. The first-order chi connectivity index (χ1) is 9.97. The second-order valence-corrected chi connectivity index (χ2v) is 7.12. The Morgan fingerprint density at radius 3 is 2.81 bits per heavy atom. The van der Waals surface area contributed by atoms with Crippen molar-refractivity contribution in [2.45, 2.75) is 43.5 Å². The number of benzene rings is 1. The van der Waals surface area contributed by atoms with Gasteiger partial charge in [-0.25, -0.2) is 13.1 Å². The summed E-state index contributed by atoms with van der Waals surface area (Å²) in [7, 11) is -3.66. The minimum absolute atomic E-state index is 0.0124. The summed E-state index contributed by atoms with van der Waals surface area (Å²) in [6.45, 7) is 1.73. The number of hydrogen-bond donors (Lipinski definition) is 2. The van der Waals surface area contributed by atoms with E-state index in [1.165, 1.54) is 12.1 Å². The van der Waals surface area contributed by atoms with Gasteiger partial charge in [0.05, 0.1) is 4.90 Å². The summed E-state index contributed by atoms with van der Waals surface area (Å²) < 4.78 is 27.5. The summed E-state index contributed by atoms with van der Waals surface area (Å²) in [4.78, 5) is 11.8. The van der Waals surface area contributed by atoms with Gasteiger partial charge in [-0.3, -0.25) is 4.79 Å². The first-order valence-corrected chi connectivity index (χ1v) is 8.72. The van der Waals surface area contributed by atoms with Crippen molar-refractivity contribution >= 4 is 15.8 Å². The average Bonchev–Trinajstić information content (AvgIpc) is 2.93. The lowest BCUT2D eigenvalue weighted by Crippen LogP contribution is -2.38. The number of ketones is 1. The van der Waals surface area contributed by atoms with E-state index in [2.05, 4.69) is 4.72 Å². The van der Waals surface area contributed by atoms with Crippen LogP contribution in [0.3, 0.4) is 0 Å². The maximum atomic E-state index is 12.4. The summed E-state index contributed by atoms with van der Waals surface area (Å²) in [5.74, 6) is -0.110. The lowest BCUT2D eigenvalue weighted by atomic mass is 10.1. The lowest BCUT2D eigenvalue weighted by Gasteiger charge is -2.19. The Morgan fingerprint density at radius 2 is 2.14 bits per heavy atom. The second kappa shape index (κ2) is 6.68. The Morgan fingerprint density at radius 1 is 1.38 bits per heavy atom. The van der Waals surface area contributed by atoms with Crippen LogP contribution in [0.25, 0.3) is 0 Å². The monoisotopic (exact) mass is 311 g/mol. The molecule has 1 saturated carbocycles. The summed E-state index contributed by atoms with van der Waals surface area (Å²) in [5, 5.41) is 9.27. The number of aliphatic hydroxyl groups excluding tert-OH is 1. The maximum Gasteiger partial charge on any atom is 0.240 e. The van der Waals surface area contributed by atoms with E-state index in [1.54, 1.807) is 19.1 Å². The van der Waals surface area contributed by atoms with Crippen LogP contribution < -0.4 is 4.72 Å². The van der Waals surface area contributed by atoms with E-state index in [0.29, 0.717) is 12.0 Å². The summed E-state index contributed by atoms with van der Waals surface area (Å²) in [5.41, 5.74) is 0.408. The van der Waals surface area contributed by atoms with Crippen molar-refractivity contribution in [1.82, 2.24) is 4.72 Å². The number of nitrogens with one attached hydrogen (secondary N) is 1. The molecule has 2 unspecified atom stereocenters. The molecule has 0 spiro atoms. The molecule has 2 N–H and O–H groups in total. The largest absolute Gasteiger partial charge is 0.396 e. The fraction of sp³-hybridized carbons (Fsp3) is 0.533. The van der Waals surface area contributed by atoms with Crippen LogP contribution in [0, 0.1) is 5.92 Å². The van der Waals surface area contributed by atoms with Crippen LogP contribution in [0.5, 0.6) is 0 Å². The minimum Gasteiger partial charge on any atom is -0.396 e. The van der Waals surface area contributed by atoms with Crippen LogP contribution in [-0.2, 0) is 10.0 Å². The minimum atomic E-state index is -3.66. The third kappa shape index (κ3) is 3.70. The van der Waals surface area contributed by atoms with Crippen LogP contribution in [0.4, 0.5) is 0 Å². The first kappa shape index (κ1) is 16.1. The van der Waals surface area contributed by atoms with Gasteiger partial charge >= 0.3 is 0 Å². The number of hydrogen-bond acceptors (Lipinski definition) is 4. The molecule has 0 heterocycles. The Bertz CT molecular complexity index is 612. The summed E-state index contributed by atoms with van der Waals surface area (Å²) in [6, 6.07) is 5.87. The van der Waals surface area contributed by atoms with E-state index >= 15 is 0 Å². The van der Waals surface area contributed by atoms with Gasteiger partial charge in [0.1, 0.15) is 0 Å². The van der Waals surface area contributed by atoms with Gasteiger partial charge in [-0.2, -0.15) is 0 Å². The van der Waals surface area contributed by atoms with Gasteiger partial charge in [-0.15, -0.1) is 0 Å². The molecule has 6 heteroatoms. The molecule has 2 atom stereocenters. The fourth-order valence-electron chi connectivity index (χ4n) is 2.72. The number of carbonyl (C=O) groups is 1. The van der Waals surface area contributed by atoms with Crippen molar-refractivity contribution in [3.8, 4) is 0 Å². The molecule has 0 amide bonds. The topological polar surface area (TPSA) is 83.5 Å². The quantitative estimate of drug-likeness (QED) is 0.784. The Labute approximate surface area is 125 Å². The highest BCUT2D eigenvalue weighted by atomic mass is 32.2. The number of sulfonamides is 1. The van der Waals surface area contributed by atoms with Crippen LogP contribution in [-0.4, -0.2) is 32.0 Å². The molecule has 5 nitrogen and oxygen atoms in total. The SMILES string of the molecule is CCC(=O)c1cccc(S(=O)(=O)NC2CCCC2CO)c1. The van der Waals surface area contributed by atoms with Gasteiger partial charge < -0.3 is 5.11 Å². The number of rotatable bonds is 6. The molecule has 0 bridgehead atoms. The fourth-order valence-corrected chi connectivity index (χ4v) is 4.10. The molecule has 0 radical (unpaired) electrons. The maximum absolute atomic E-state index is 12.4. The Kier molecular flexibility index (Phi) is 5.13. The third-order valence-electron chi connectivity index (χ3n) is 3.99. The molecular weight excluding hydrogens is 290 g/mol. The van der Waals surface area contributed by atoms with Crippen molar-refractivity contribution in [3.63, 3.8) is 0 Å². The highest BCUT2D eigenvalue weighted by Crippen LogP contribution is 2.26. The average molecular weight is 311 g/mol. The Hall–Kier alpha value is -1.24. The van der Waals surface area contributed by atoms with Gasteiger partial charge in [0.25, 0.3) is 0 Å². The molecule has 116 valence electrons. The van der Waals surface area contributed by atoms with Gasteiger partial charge in [0, 0.05) is 24.6 Å². The zero-order valence-corrected chi connectivity index (χ0v) is 12.9. The third-order valence-corrected chi connectivity index (χ3v) is 5.48. The van der Waals surface area contributed by atoms with Crippen LogP contribution >= 0.6 is 0 Å². The van der Waals surface area contributed by atoms with Crippen LogP contribution in [0.15, 0.2) is 29.2 Å². The van der Waals surface area contributed by atoms with E-state index in [9.17, 15) is 18.3 Å². The van der Waals surface area contributed by atoms with Gasteiger partial charge in [0.15, 0.2) is 5.78 Å². The summed E-state index contributed by atoms with van der Waals surface area (Å²) >= 11 is 0. The highest BCUT2D eigenvalue weighted by Gasteiger charge is 2.30. The second-order valence-electron chi connectivity index (χ2n) is 5.41. The predicted molar refractivity (Wildman–Crippen MR) is 79.6 cm³/mol. The highest BCUT2D eigenvalue weighted by molar-refractivity contribution is 7.89. The smallest absolute Gasteiger partial charge is 0.240 e. The van der Waals surface area contributed by atoms with E-state index in [-0.39, 0.29) is 29.2 Å². The molecule has 0 aliphatic heterocycles. The lowest BCUT2D eigenvalue weighted by molar-refractivity contribution is 0.0988. The van der Waals surface area contributed by atoms with Crippen molar-refractivity contribution < 1.29 is 18.3 Å².